The first-order valence-electron chi connectivity index (χ1n) is 6.44. The Balaban J connectivity index is 1.99. The topological polar surface area (TPSA) is 27.1 Å². The van der Waals surface area contributed by atoms with Crippen LogP contribution in [0.1, 0.15) is 31.0 Å². The molecule has 1 saturated carbocycles. The number of halogens is 1. The monoisotopic (exact) mass is 264 g/mol. The fraction of sp³-hybridized carbons (Fsp3) is 0.500. The molecule has 0 radical (unpaired) electrons. The highest BCUT2D eigenvalue weighted by atomic mass is 35.5. The summed E-state index contributed by atoms with van der Waals surface area (Å²) in [7, 11) is 1.74. The molecule has 1 aromatic carbocycles. The SMILES string of the molecule is COCCCn1c(C2CC2)nc2cc(Cl)ccc21. The van der Waals surface area contributed by atoms with Gasteiger partial charge >= 0.3 is 0 Å². The van der Waals surface area contributed by atoms with Gasteiger partial charge in [0, 0.05) is 31.2 Å². The predicted molar refractivity (Wildman–Crippen MR) is 73.2 cm³/mol. The molecule has 3 rings (SSSR count). The van der Waals surface area contributed by atoms with Gasteiger partial charge in [-0.1, -0.05) is 11.6 Å². The van der Waals surface area contributed by atoms with E-state index in [-0.39, 0.29) is 0 Å². The fourth-order valence-corrected chi connectivity index (χ4v) is 2.54. The number of benzene rings is 1. The van der Waals surface area contributed by atoms with Crippen LogP contribution < -0.4 is 0 Å². The molecule has 18 heavy (non-hydrogen) atoms. The van der Waals surface area contributed by atoms with Gasteiger partial charge in [0.25, 0.3) is 0 Å². The third-order valence-electron chi connectivity index (χ3n) is 3.41. The molecule has 0 atom stereocenters. The standard InChI is InChI=1S/C14H17ClN2O/c1-18-8-2-7-17-13-6-5-11(15)9-12(13)16-14(17)10-3-4-10/h5-6,9-10H,2-4,7-8H2,1H3. The Bertz CT molecular complexity index is 560. The maximum atomic E-state index is 6.03. The lowest BCUT2D eigenvalue weighted by atomic mass is 10.3. The molecule has 0 aliphatic heterocycles. The zero-order valence-corrected chi connectivity index (χ0v) is 11.3. The molecule has 0 spiro atoms. The summed E-state index contributed by atoms with van der Waals surface area (Å²) in [4.78, 5) is 4.75. The first kappa shape index (κ1) is 12.0. The normalized spacial score (nSPS) is 15.4. The van der Waals surface area contributed by atoms with Gasteiger partial charge in [-0.15, -0.1) is 0 Å². The Labute approximate surface area is 112 Å². The summed E-state index contributed by atoms with van der Waals surface area (Å²) < 4.78 is 7.47. The number of rotatable bonds is 5. The third-order valence-corrected chi connectivity index (χ3v) is 3.65. The number of hydrogen-bond acceptors (Lipinski definition) is 2. The van der Waals surface area contributed by atoms with Crippen LogP contribution in [0, 0.1) is 0 Å². The van der Waals surface area contributed by atoms with Gasteiger partial charge in [-0.05, 0) is 37.5 Å². The lowest BCUT2D eigenvalue weighted by molar-refractivity contribution is 0.190. The first-order chi connectivity index (χ1) is 8.79. The van der Waals surface area contributed by atoms with E-state index in [1.54, 1.807) is 7.11 Å². The number of hydrogen-bond donors (Lipinski definition) is 0. The Morgan fingerprint density at radius 1 is 1.44 bits per heavy atom. The zero-order chi connectivity index (χ0) is 12.5. The van der Waals surface area contributed by atoms with Crippen molar-refractivity contribution in [3.63, 3.8) is 0 Å². The molecular weight excluding hydrogens is 248 g/mol. The molecule has 2 aromatic rings. The van der Waals surface area contributed by atoms with Crippen LogP contribution in [0.15, 0.2) is 18.2 Å². The smallest absolute Gasteiger partial charge is 0.112 e. The quantitative estimate of drug-likeness (QED) is 0.772. The molecule has 96 valence electrons. The zero-order valence-electron chi connectivity index (χ0n) is 10.5. The van der Waals surface area contributed by atoms with Crippen LogP contribution in [0.5, 0.6) is 0 Å². The minimum absolute atomic E-state index is 0.652. The number of imidazole rings is 1. The predicted octanol–water partition coefficient (Wildman–Crippen LogP) is 3.60. The summed E-state index contributed by atoms with van der Waals surface area (Å²) in [5.41, 5.74) is 2.21. The molecule has 1 aliphatic rings. The van der Waals surface area contributed by atoms with Crippen LogP contribution in [0.3, 0.4) is 0 Å². The van der Waals surface area contributed by atoms with Crippen molar-refractivity contribution in [3.8, 4) is 0 Å². The second-order valence-electron chi connectivity index (χ2n) is 4.88. The molecule has 4 heteroatoms. The van der Waals surface area contributed by atoms with Gasteiger partial charge in [-0.25, -0.2) is 4.98 Å². The molecule has 1 heterocycles. The Kier molecular flexibility index (Phi) is 3.27. The van der Waals surface area contributed by atoms with Crippen LogP contribution in [0.2, 0.25) is 5.02 Å². The molecule has 0 N–H and O–H groups in total. The van der Waals surface area contributed by atoms with Gasteiger partial charge in [-0.2, -0.15) is 0 Å². The molecule has 1 aromatic heterocycles. The van der Waals surface area contributed by atoms with E-state index in [1.807, 2.05) is 12.1 Å². The Morgan fingerprint density at radius 2 is 2.28 bits per heavy atom. The lowest BCUT2D eigenvalue weighted by Gasteiger charge is -2.08. The number of methoxy groups -OCH3 is 1. The highest BCUT2D eigenvalue weighted by Crippen LogP contribution is 2.40. The number of aryl methyl sites for hydroxylation is 1. The molecule has 0 amide bonds. The summed E-state index contributed by atoms with van der Waals surface area (Å²) in [6, 6.07) is 5.97. The van der Waals surface area contributed by atoms with Crippen LogP contribution in [0.25, 0.3) is 11.0 Å². The summed E-state index contributed by atoms with van der Waals surface area (Å²) in [6.07, 6.45) is 3.55. The molecule has 0 bridgehead atoms. The molecule has 0 saturated heterocycles. The molecule has 1 fully saturated rings. The maximum absolute atomic E-state index is 6.03. The second kappa shape index (κ2) is 4.90. The van der Waals surface area contributed by atoms with Crippen molar-refractivity contribution in [1.82, 2.24) is 9.55 Å². The van der Waals surface area contributed by atoms with Gasteiger partial charge < -0.3 is 9.30 Å². The van der Waals surface area contributed by atoms with Crippen molar-refractivity contribution in [2.24, 2.45) is 0 Å². The van der Waals surface area contributed by atoms with E-state index < -0.39 is 0 Å². The van der Waals surface area contributed by atoms with Crippen molar-refractivity contribution in [2.45, 2.75) is 31.7 Å². The minimum Gasteiger partial charge on any atom is -0.385 e. The lowest BCUT2D eigenvalue weighted by Crippen LogP contribution is -2.05. The van der Waals surface area contributed by atoms with Crippen molar-refractivity contribution < 1.29 is 4.74 Å². The average molecular weight is 265 g/mol. The van der Waals surface area contributed by atoms with Gasteiger partial charge in [0.05, 0.1) is 11.0 Å². The number of aromatic nitrogens is 2. The van der Waals surface area contributed by atoms with Crippen LogP contribution in [-0.2, 0) is 11.3 Å². The Morgan fingerprint density at radius 3 is 3.00 bits per heavy atom. The van der Waals surface area contributed by atoms with E-state index in [0.717, 1.165) is 30.1 Å². The minimum atomic E-state index is 0.652. The number of fused-ring (bicyclic) bond motifs is 1. The highest BCUT2D eigenvalue weighted by molar-refractivity contribution is 6.31. The highest BCUT2D eigenvalue weighted by Gasteiger charge is 2.29. The van der Waals surface area contributed by atoms with Gasteiger partial charge in [0.2, 0.25) is 0 Å². The Hall–Kier alpha value is -1.06. The van der Waals surface area contributed by atoms with Crippen molar-refractivity contribution >= 4 is 22.6 Å². The maximum Gasteiger partial charge on any atom is 0.112 e. The molecule has 0 unspecified atom stereocenters. The molecular formula is C14H17ClN2O. The molecule has 1 aliphatic carbocycles. The van der Waals surface area contributed by atoms with Crippen molar-refractivity contribution in [1.29, 1.82) is 0 Å². The van der Waals surface area contributed by atoms with E-state index in [1.165, 1.54) is 24.2 Å². The van der Waals surface area contributed by atoms with Crippen molar-refractivity contribution in [3.05, 3.63) is 29.0 Å². The van der Waals surface area contributed by atoms with E-state index >= 15 is 0 Å². The largest absolute Gasteiger partial charge is 0.385 e. The number of nitrogens with zero attached hydrogens (tertiary/aromatic N) is 2. The van der Waals surface area contributed by atoms with Crippen LogP contribution >= 0.6 is 11.6 Å². The number of ether oxygens (including phenoxy) is 1. The average Bonchev–Trinajstić information content (AvgIpc) is 3.13. The van der Waals surface area contributed by atoms with Gasteiger partial charge in [0.1, 0.15) is 5.82 Å². The van der Waals surface area contributed by atoms with E-state index in [2.05, 4.69) is 10.6 Å². The summed E-state index contributed by atoms with van der Waals surface area (Å²) in [5, 5.41) is 0.756. The van der Waals surface area contributed by atoms with E-state index in [9.17, 15) is 0 Å². The first-order valence-corrected chi connectivity index (χ1v) is 6.82. The summed E-state index contributed by atoms with van der Waals surface area (Å²) in [5.74, 6) is 1.88. The van der Waals surface area contributed by atoms with Crippen LogP contribution in [0.4, 0.5) is 0 Å². The van der Waals surface area contributed by atoms with Crippen LogP contribution in [-0.4, -0.2) is 23.3 Å². The van der Waals surface area contributed by atoms with E-state index in [0.29, 0.717) is 5.92 Å². The summed E-state index contributed by atoms with van der Waals surface area (Å²) in [6.45, 7) is 1.76. The second-order valence-corrected chi connectivity index (χ2v) is 5.31. The third kappa shape index (κ3) is 2.25. The molecule has 3 nitrogen and oxygen atoms in total. The fourth-order valence-electron chi connectivity index (χ4n) is 2.38. The summed E-state index contributed by atoms with van der Waals surface area (Å²) >= 11 is 6.03. The van der Waals surface area contributed by atoms with E-state index in [4.69, 9.17) is 21.3 Å². The van der Waals surface area contributed by atoms with Gasteiger partial charge in [-0.3, -0.25) is 0 Å². The van der Waals surface area contributed by atoms with Crippen molar-refractivity contribution in [2.75, 3.05) is 13.7 Å². The van der Waals surface area contributed by atoms with Gasteiger partial charge in [0.15, 0.2) is 0 Å².